The topological polar surface area (TPSA) is 83.3 Å². The van der Waals surface area contributed by atoms with Crippen molar-refractivity contribution in [2.24, 2.45) is 0 Å². The number of amides is 1. The molecule has 2 aliphatic heterocycles. The minimum atomic E-state index is -4.95. The third-order valence-electron chi connectivity index (χ3n) is 8.22. The van der Waals surface area contributed by atoms with E-state index >= 15 is 0 Å². The van der Waals surface area contributed by atoms with Crippen LogP contribution in [0.1, 0.15) is 58.7 Å². The number of piperidine rings is 1. The van der Waals surface area contributed by atoms with Crippen molar-refractivity contribution in [1.82, 2.24) is 14.8 Å². The van der Waals surface area contributed by atoms with Gasteiger partial charge in [-0.05, 0) is 36.1 Å². The number of carbonyl (C=O) groups excluding carboxylic acids is 1. The van der Waals surface area contributed by atoms with Gasteiger partial charge in [0.25, 0.3) is 5.91 Å². The van der Waals surface area contributed by atoms with Gasteiger partial charge >= 0.3 is 12.4 Å². The molecule has 1 fully saturated rings. The zero-order valence-corrected chi connectivity index (χ0v) is 23.1. The van der Waals surface area contributed by atoms with E-state index in [1.54, 1.807) is 29.2 Å². The van der Waals surface area contributed by atoms with Crippen LogP contribution in [0.2, 0.25) is 0 Å². The van der Waals surface area contributed by atoms with Gasteiger partial charge in [0.2, 0.25) is 0 Å². The number of alkyl halides is 6. The van der Waals surface area contributed by atoms with Gasteiger partial charge in [0.1, 0.15) is 29.7 Å². The van der Waals surface area contributed by atoms with Gasteiger partial charge in [-0.2, -0.15) is 31.4 Å². The molecule has 4 aromatic rings. The number of carbonyl (C=O) groups is 1. The molecule has 1 saturated heterocycles. The summed E-state index contributed by atoms with van der Waals surface area (Å²) in [5, 5.41) is 17.8. The van der Waals surface area contributed by atoms with Gasteiger partial charge in [-0.3, -0.25) is 4.79 Å². The van der Waals surface area contributed by atoms with E-state index in [2.05, 4.69) is 10.3 Å². The second-order valence-corrected chi connectivity index (χ2v) is 10.9. The number of anilines is 2. The Hall–Kier alpha value is -4.39. The van der Waals surface area contributed by atoms with Crippen LogP contribution in [0, 0.1) is 0 Å². The third kappa shape index (κ3) is 5.51. The first kappa shape index (κ1) is 29.7. The largest absolute Gasteiger partial charge is 0.417 e. The van der Waals surface area contributed by atoms with Gasteiger partial charge in [-0.1, -0.05) is 60.7 Å². The molecule has 6 rings (SSSR count). The first-order chi connectivity index (χ1) is 20.9. The summed E-state index contributed by atoms with van der Waals surface area (Å²) in [5.41, 5.74) is 0.426. The van der Waals surface area contributed by atoms with Crippen LogP contribution < -0.4 is 10.2 Å². The fourth-order valence-corrected chi connectivity index (χ4v) is 6.10. The summed E-state index contributed by atoms with van der Waals surface area (Å²) < 4.78 is 84.1. The lowest BCUT2D eigenvalue weighted by Crippen LogP contribution is -2.45. The number of pyridine rings is 1. The van der Waals surface area contributed by atoms with E-state index in [-0.39, 0.29) is 17.1 Å². The van der Waals surface area contributed by atoms with Crippen molar-refractivity contribution in [2.75, 3.05) is 23.3 Å². The first-order valence-corrected chi connectivity index (χ1v) is 14.0. The van der Waals surface area contributed by atoms with E-state index in [9.17, 15) is 36.2 Å². The molecule has 0 bridgehead atoms. The molecule has 7 nitrogen and oxygen atoms in total. The monoisotopic (exact) mass is 615 g/mol. The summed E-state index contributed by atoms with van der Waals surface area (Å²) in [7, 11) is 0. The lowest BCUT2D eigenvalue weighted by atomic mass is 9.82. The minimum absolute atomic E-state index is 0.123. The quantitative estimate of drug-likeness (QED) is 0.259. The average Bonchev–Trinajstić information content (AvgIpc) is 3.35. The zero-order valence-electron chi connectivity index (χ0n) is 23.1. The lowest BCUT2D eigenvalue weighted by Gasteiger charge is -2.34. The Kier molecular flexibility index (Phi) is 7.60. The molecule has 13 heteroatoms. The van der Waals surface area contributed by atoms with E-state index in [1.807, 2.05) is 36.4 Å². The summed E-state index contributed by atoms with van der Waals surface area (Å²) >= 11 is 0. The molecule has 2 aromatic carbocycles. The molecular weight excluding hydrogens is 588 g/mol. The Labute approximate surface area is 248 Å². The fraction of sp³-hybridized carbons (Fsp3) is 0.323. The summed E-state index contributed by atoms with van der Waals surface area (Å²) in [6.45, 7) is 0.605. The highest BCUT2D eigenvalue weighted by Crippen LogP contribution is 2.49. The highest BCUT2D eigenvalue weighted by molar-refractivity contribution is 5.97. The van der Waals surface area contributed by atoms with Crippen LogP contribution in [0.25, 0.3) is 0 Å². The molecule has 0 unspecified atom stereocenters. The molecule has 0 aliphatic carbocycles. The van der Waals surface area contributed by atoms with E-state index in [1.165, 1.54) is 10.7 Å². The van der Waals surface area contributed by atoms with Crippen molar-refractivity contribution in [2.45, 2.75) is 49.2 Å². The van der Waals surface area contributed by atoms with Crippen LogP contribution >= 0.6 is 0 Å². The third-order valence-corrected chi connectivity index (χ3v) is 8.22. The summed E-state index contributed by atoms with van der Waals surface area (Å²) in [6.07, 6.45) is -10.4. The number of hydrogen-bond acceptors (Lipinski definition) is 5. The van der Waals surface area contributed by atoms with Gasteiger partial charge < -0.3 is 15.3 Å². The molecule has 230 valence electrons. The number of nitrogens with zero attached hydrogens (tertiary/aromatic N) is 4. The van der Waals surface area contributed by atoms with Gasteiger partial charge in [-0.25, -0.2) is 9.67 Å². The number of benzene rings is 2. The molecule has 2 N–H and O–H groups in total. The SMILES string of the molecule is O=C1Nc2c(c(C3CCN(c4ccc(C(F)(F)F)cn4)CC3)nn2C(c2ccccc2)c2ccccc2)[C@H](C(F)(F)F)[C@H]1O. The number of nitrogens with one attached hydrogen (secondary N) is 1. The van der Waals surface area contributed by atoms with E-state index in [0.29, 0.717) is 31.7 Å². The second-order valence-electron chi connectivity index (χ2n) is 10.9. The lowest BCUT2D eigenvalue weighted by molar-refractivity contribution is -0.177. The molecule has 0 spiro atoms. The van der Waals surface area contributed by atoms with Crippen molar-refractivity contribution in [3.8, 4) is 0 Å². The van der Waals surface area contributed by atoms with Crippen molar-refractivity contribution < 1.29 is 36.2 Å². The maximum absolute atomic E-state index is 14.6. The van der Waals surface area contributed by atoms with Gasteiger partial charge in [0.05, 0.1) is 11.3 Å². The maximum atomic E-state index is 14.6. The molecule has 1 amide bonds. The van der Waals surface area contributed by atoms with Crippen LogP contribution in [0.15, 0.2) is 79.0 Å². The van der Waals surface area contributed by atoms with E-state index < -0.39 is 47.8 Å². The molecule has 2 atom stereocenters. The fourth-order valence-electron chi connectivity index (χ4n) is 6.10. The van der Waals surface area contributed by atoms with E-state index in [0.717, 1.165) is 23.4 Å². The van der Waals surface area contributed by atoms with Gasteiger partial charge in [0.15, 0.2) is 0 Å². The Bertz CT molecular complexity index is 1580. The van der Waals surface area contributed by atoms with E-state index in [4.69, 9.17) is 5.10 Å². The predicted octanol–water partition coefficient (Wildman–Crippen LogP) is 6.28. The number of rotatable bonds is 5. The van der Waals surface area contributed by atoms with Crippen molar-refractivity contribution in [1.29, 1.82) is 0 Å². The number of fused-ring (bicyclic) bond motifs is 1. The van der Waals surface area contributed by atoms with Crippen molar-refractivity contribution in [3.05, 3.63) is 107 Å². The zero-order chi connectivity index (χ0) is 31.2. The van der Waals surface area contributed by atoms with Crippen LogP contribution in [0.5, 0.6) is 0 Å². The smallest absolute Gasteiger partial charge is 0.382 e. The van der Waals surface area contributed by atoms with Crippen molar-refractivity contribution in [3.63, 3.8) is 0 Å². The number of aliphatic hydroxyl groups is 1. The highest BCUT2D eigenvalue weighted by atomic mass is 19.4. The van der Waals surface area contributed by atoms with Crippen LogP contribution in [-0.2, 0) is 11.0 Å². The minimum Gasteiger partial charge on any atom is -0.382 e. The molecule has 2 aliphatic rings. The maximum Gasteiger partial charge on any atom is 0.417 e. The predicted molar refractivity (Wildman–Crippen MR) is 149 cm³/mol. The Morgan fingerprint density at radius 3 is 1.95 bits per heavy atom. The van der Waals surface area contributed by atoms with Crippen LogP contribution in [0.3, 0.4) is 0 Å². The van der Waals surface area contributed by atoms with Gasteiger partial charge in [-0.15, -0.1) is 0 Å². The Balaban J connectivity index is 1.42. The average molecular weight is 616 g/mol. The molecule has 2 aromatic heterocycles. The number of aliphatic hydroxyl groups excluding tert-OH is 1. The highest BCUT2D eigenvalue weighted by Gasteiger charge is 2.55. The summed E-state index contributed by atoms with van der Waals surface area (Å²) in [6, 6.07) is 19.6. The normalized spacial score (nSPS) is 19.6. The molecule has 44 heavy (non-hydrogen) atoms. The van der Waals surface area contributed by atoms with Crippen LogP contribution in [0.4, 0.5) is 38.0 Å². The first-order valence-electron chi connectivity index (χ1n) is 14.0. The van der Waals surface area contributed by atoms with Gasteiger partial charge in [0, 0.05) is 30.8 Å². The van der Waals surface area contributed by atoms with Crippen LogP contribution in [-0.4, -0.2) is 51.1 Å². The Morgan fingerprint density at radius 2 is 1.45 bits per heavy atom. The molecular formula is C31H27F6N5O2. The number of hydrogen-bond donors (Lipinski definition) is 2. The number of halogens is 6. The molecule has 0 saturated carbocycles. The second kappa shape index (κ2) is 11.3. The summed E-state index contributed by atoms with van der Waals surface area (Å²) in [4.78, 5) is 18.5. The summed E-state index contributed by atoms with van der Waals surface area (Å²) in [5.74, 6) is -3.95. The molecule has 4 heterocycles. The number of aromatic nitrogens is 3. The van der Waals surface area contributed by atoms with Crippen molar-refractivity contribution >= 4 is 17.5 Å². The Morgan fingerprint density at radius 1 is 0.864 bits per heavy atom. The standard InChI is InChI=1S/C31H27F6N5O2/c32-30(33,34)21-11-12-22(38-17-21)41-15-13-18(14-16-41)25-23-24(31(35,36)37)27(43)29(44)39-28(23)42(40-25)26(19-7-3-1-4-8-19)20-9-5-2-6-10-20/h1-12,17-18,24,26-27,43H,13-16H2,(H,39,44)/t24-,27+/m0/s1. The molecule has 0 radical (unpaired) electrons.